The summed E-state index contributed by atoms with van der Waals surface area (Å²) in [5.41, 5.74) is 0. The Morgan fingerprint density at radius 3 is 0.697 bits per heavy atom. The lowest BCUT2D eigenvalue weighted by molar-refractivity contribution is -0.927. The molecular weight excluding hydrogens is 398 g/mol. The zero-order valence-corrected chi connectivity index (χ0v) is 24.2. The van der Waals surface area contributed by atoms with E-state index in [9.17, 15) is 0 Å². The molecule has 0 saturated carbocycles. The normalized spacial score (nSPS) is 12.0. The van der Waals surface area contributed by atoms with Gasteiger partial charge in [0, 0.05) is 0 Å². The minimum Gasteiger partial charge on any atom is -0.324 e. The lowest BCUT2D eigenvalue weighted by Crippen LogP contribution is -2.50. The molecule has 0 amide bonds. The van der Waals surface area contributed by atoms with E-state index in [1.165, 1.54) is 185 Å². The van der Waals surface area contributed by atoms with Gasteiger partial charge in [-0.15, -0.1) is 0 Å². The molecule has 0 aliphatic carbocycles. The van der Waals surface area contributed by atoms with E-state index in [1.807, 2.05) is 0 Å². The van der Waals surface area contributed by atoms with E-state index in [0.717, 1.165) is 0 Å². The van der Waals surface area contributed by atoms with Crippen molar-refractivity contribution in [3.05, 3.63) is 0 Å². The molecule has 0 bridgehead atoms. The number of nitrogens with zero attached hydrogens (tertiary/aromatic N) is 1. The average Bonchev–Trinajstić information content (AvgIpc) is 2.83. The van der Waals surface area contributed by atoms with Crippen molar-refractivity contribution in [3.63, 3.8) is 0 Å². The van der Waals surface area contributed by atoms with Crippen LogP contribution in [0.4, 0.5) is 0 Å². The molecule has 0 aliphatic heterocycles. The second-order valence-corrected chi connectivity index (χ2v) is 11.3. The zero-order chi connectivity index (χ0) is 24.3. The molecule has 0 N–H and O–H groups in total. The fourth-order valence-corrected chi connectivity index (χ4v) is 5.55. The predicted octanol–water partition coefficient (Wildman–Crippen LogP) is 11.2. The summed E-state index contributed by atoms with van der Waals surface area (Å²) in [6.45, 7) is 15.2. The summed E-state index contributed by atoms with van der Waals surface area (Å²) in [5.74, 6) is 0. The third-order valence-electron chi connectivity index (χ3n) is 8.13. The van der Waals surface area contributed by atoms with Crippen LogP contribution in [0.1, 0.15) is 182 Å². The van der Waals surface area contributed by atoms with Crippen LogP contribution >= 0.6 is 0 Å². The van der Waals surface area contributed by atoms with Crippen LogP contribution in [0.5, 0.6) is 0 Å². The van der Waals surface area contributed by atoms with Gasteiger partial charge in [-0.25, -0.2) is 0 Å². The minimum atomic E-state index is 1.36. The second kappa shape index (κ2) is 26.6. The van der Waals surface area contributed by atoms with Gasteiger partial charge in [-0.2, -0.15) is 0 Å². The van der Waals surface area contributed by atoms with Crippen LogP contribution in [0.15, 0.2) is 0 Å². The van der Waals surface area contributed by atoms with Crippen LogP contribution in [0.3, 0.4) is 0 Å². The molecular formula is C32H68N+. The van der Waals surface area contributed by atoms with Crippen LogP contribution in [-0.2, 0) is 0 Å². The van der Waals surface area contributed by atoms with Crippen molar-refractivity contribution >= 4 is 0 Å². The first-order chi connectivity index (χ1) is 16.2. The molecule has 0 aromatic rings. The molecule has 33 heavy (non-hydrogen) atoms. The van der Waals surface area contributed by atoms with Gasteiger partial charge in [0.15, 0.2) is 0 Å². The largest absolute Gasteiger partial charge is 0.324 e. The molecule has 0 radical (unpaired) electrons. The molecule has 0 atom stereocenters. The maximum Gasteiger partial charge on any atom is 0.0786 e. The number of quaternary nitrogens is 1. The standard InChI is InChI=1S/C32H68N/c1-5-9-12-15-18-21-24-27-30-33(8-4,31-28-25-22-19-16-13-10-6-2)32-29-26-23-20-17-14-11-7-3/h5-32H2,1-4H3/q+1. The first-order valence-electron chi connectivity index (χ1n) is 16.1. The van der Waals surface area contributed by atoms with Gasteiger partial charge in [0.2, 0.25) is 0 Å². The summed E-state index contributed by atoms with van der Waals surface area (Å²) in [7, 11) is 0. The molecule has 0 aromatic carbocycles. The van der Waals surface area contributed by atoms with Crippen molar-refractivity contribution < 1.29 is 4.48 Å². The van der Waals surface area contributed by atoms with Gasteiger partial charge in [0.05, 0.1) is 26.2 Å². The monoisotopic (exact) mass is 467 g/mol. The molecule has 0 rings (SSSR count). The number of hydrogen-bond donors (Lipinski definition) is 0. The Balaban J connectivity index is 4.23. The van der Waals surface area contributed by atoms with Gasteiger partial charge in [0.1, 0.15) is 0 Å². The van der Waals surface area contributed by atoms with Gasteiger partial charge < -0.3 is 4.48 Å². The smallest absolute Gasteiger partial charge is 0.0786 e. The van der Waals surface area contributed by atoms with Crippen molar-refractivity contribution in [2.45, 2.75) is 182 Å². The van der Waals surface area contributed by atoms with Gasteiger partial charge in [-0.1, -0.05) is 136 Å². The molecule has 0 fully saturated rings. The lowest BCUT2D eigenvalue weighted by atomic mass is 10.0. The first kappa shape index (κ1) is 33.0. The molecule has 1 heteroatoms. The highest BCUT2D eigenvalue weighted by Gasteiger charge is 2.23. The molecule has 0 aromatic heterocycles. The van der Waals surface area contributed by atoms with Gasteiger partial charge in [-0.05, 0) is 45.4 Å². The average molecular weight is 467 g/mol. The Morgan fingerprint density at radius 1 is 0.273 bits per heavy atom. The maximum atomic E-state index is 2.49. The number of unbranched alkanes of at least 4 members (excludes halogenated alkanes) is 21. The van der Waals surface area contributed by atoms with E-state index in [2.05, 4.69) is 27.7 Å². The Morgan fingerprint density at radius 2 is 0.485 bits per heavy atom. The van der Waals surface area contributed by atoms with Crippen LogP contribution in [-0.4, -0.2) is 30.7 Å². The molecule has 0 unspecified atom stereocenters. The third kappa shape index (κ3) is 22.2. The van der Waals surface area contributed by atoms with Gasteiger partial charge in [-0.3, -0.25) is 0 Å². The molecule has 0 heterocycles. The first-order valence-corrected chi connectivity index (χ1v) is 16.1. The van der Waals surface area contributed by atoms with Crippen molar-refractivity contribution in [1.82, 2.24) is 0 Å². The summed E-state index contributed by atoms with van der Waals surface area (Å²) < 4.78 is 1.43. The topological polar surface area (TPSA) is 0 Å². The summed E-state index contributed by atoms with van der Waals surface area (Å²) in [5, 5.41) is 0. The lowest BCUT2D eigenvalue weighted by Gasteiger charge is -2.38. The Bertz CT molecular complexity index is 300. The quantitative estimate of drug-likeness (QED) is 0.0794. The van der Waals surface area contributed by atoms with E-state index in [-0.39, 0.29) is 0 Å². The molecule has 0 aliphatic rings. The number of hydrogen-bond acceptors (Lipinski definition) is 0. The fourth-order valence-electron chi connectivity index (χ4n) is 5.55. The molecule has 1 nitrogen and oxygen atoms in total. The highest BCUT2D eigenvalue weighted by atomic mass is 15.3. The maximum absolute atomic E-state index is 2.49. The minimum absolute atomic E-state index is 1.36. The van der Waals surface area contributed by atoms with Crippen molar-refractivity contribution in [2.75, 3.05) is 26.2 Å². The summed E-state index contributed by atoms with van der Waals surface area (Å²) in [6.07, 6.45) is 34.9. The Kier molecular flexibility index (Phi) is 26.5. The Labute approximate surface area is 212 Å². The highest BCUT2D eigenvalue weighted by molar-refractivity contribution is 4.53. The van der Waals surface area contributed by atoms with E-state index >= 15 is 0 Å². The highest BCUT2D eigenvalue weighted by Crippen LogP contribution is 2.19. The third-order valence-corrected chi connectivity index (χ3v) is 8.13. The summed E-state index contributed by atoms with van der Waals surface area (Å²) in [6, 6.07) is 0. The van der Waals surface area contributed by atoms with Crippen molar-refractivity contribution in [2.24, 2.45) is 0 Å². The van der Waals surface area contributed by atoms with Crippen LogP contribution in [0.2, 0.25) is 0 Å². The summed E-state index contributed by atoms with van der Waals surface area (Å²) >= 11 is 0. The van der Waals surface area contributed by atoms with E-state index in [0.29, 0.717) is 0 Å². The Hall–Kier alpha value is -0.0400. The van der Waals surface area contributed by atoms with Crippen molar-refractivity contribution in [3.8, 4) is 0 Å². The van der Waals surface area contributed by atoms with Crippen molar-refractivity contribution in [1.29, 1.82) is 0 Å². The zero-order valence-electron chi connectivity index (χ0n) is 24.2. The summed E-state index contributed by atoms with van der Waals surface area (Å²) in [4.78, 5) is 0. The van der Waals surface area contributed by atoms with Crippen LogP contribution in [0, 0.1) is 0 Å². The molecule has 200 valence electrons. The van der Waals surface area contributed by atoms with E-state index < -0.39 is 0 Å². The predicted molar refractivity (Wildman–Crippen MR) is 153 cm³/mol. The van der Waals surface area contributed by atoms with E-state index in [4.69, 9.17) is 0 Å². The SMILES string of the molecule is CCCCCCCCCC[N+](CC)(CCCCCCCCCC)CCCCCCCCCC. The second-order valence-electron chi connectivity index (χ2n) is 11.3. The molecule has 0 spiro atoms. The van der Waals surface area contributed by atoms with Gasteiger partial charge >= 0.3 is 0 Å². The van der Waals surface area contributed by atoms with Crippen LogP contribution < -0.4 is 0 Å². The molecule has 0 saturated heterocycles. The number of rotatable bonds is 28. The van der Waals surface area contributed by atoms with Gasteiger partial charge in [0.25, 0.3) is 0 Å². The fraction of sp³-hybridized carbons (Fsp3) is 1.00. The van der Waals surface area contributed by atoms with Crippen LogP contribution in [0.25, 0.3) is 0 Å². The van der Waals surface area contributed by atoms with E-state index in [1.54, 1.807) is 0 Å².